The predicted molar refractivity (Wildman–Crippen MR) is 93.8 cm³/mol. The highest BCUT2D eigenvalue weighted by atomic mass is 35.5. The molecular weight excluding hydrogens is 322 g/mol. The van der Waals surface area contributed by atoms with E-state index in [1.165, 1.54) is 5.56 Å². The molecule has 1 fully saturated rings. The molecule has 1 aliphatic rings. The van der Waals surface area contributed by atoms with Crippen LogP contribution in [0.2, 0.25) is 5.02 Å². The monoisotopic (exact) mass is 339 g/mol. The predicted octanol–water partition coefficient (Wildman–Crippen LogP) is 4.38. The van der Waals surface area contributed by atoms with Gasteiger partial charge in [0.05, 0.1) is 6.54 Å². The zero-order valence-electron chi connectivity index (χ0n) is 13.2. The quantitative estimate of drug-likeness (QED) is 0.707. The van der Waals surface area contributed by atoms with Crippen molar-refractivity contribution < 1.29 is 4.52 Å². The van der Waals surface area contributed by atoms with Crippen LogP contribution in [-0.2, 0) is 6.54 Å². The molecule has 0 radical (unpaired) electrons. The Balaban J connectivity index is 1.42. The molecule has 5 heteroatoms. The van der Waals surface area contributed by atoms with E-state index in [0.29, 0.717) is 24.2 Å². The van der Waals surface area contributed by atoms with Crippen LogP contribution in [0.15, 0.2) is 59.1 Å². The Morgan fingerprint density at radius 2 is 1.88 bits per heavy atom. The van der Waals surface area contributed by atoms with Crippen molar-refractivity contribution >= 4 is 11.6 Å². The van der Waals surface area contributed by atoms with E-state index in [1.54, 1.807) is 0 Å². The second-order valence-electron chi connectivity index (χ2n) is 6.12. The first-order chi connectivity index (χ1) is 11.8. The fraction of sp³-hybridized carbons (Fsp3) is 0.263. The molecule has 0 amide bonds. The zero-order valence-corrected chi connectivity index (χ0v) is 14.0. The lowest BCUT2D eigenvalue weighted by molar-refractivity contribution is 0.265. The van der Waals surface area contributed by atoms with E-state index in [2.05, 4.69) is 21.1 Å². The van der Waals surface area contributed by atoms with E-state index in [-0.39, 0.29) is 0 Å². The van der Waals surface area contributed by atoms with Crippen LogP contribution < -0.4 is 0 Å². The number of benzene rings is 2. The summed E-state index contributed by atoms with van der Waals surface area (Å²) < 4.78 is 5.42. The van der Waals surface area contributed by atoms with Crippen LogP contribution in [-0.4, -0.2) is 28.1 Å². The summed E-state index contributed by atoms with van der Waals surface area (Å²) in [6.07, 6.45) is 1.10. The largest absolute Gasteiger partial charge is 0.338 e. The van der Waals surface area contributed by atoms with Crippen molar-refractivity contribution in [2.45, 2.75) is 18.9 Å². The molecule has 1 atom stereocenters. The highest BCUT2D eigenvalue weighted by molar-refractivity contribution is 6.31. The van der Waals surface area contributed by atoms with Gasteiger partial charge in [-0.15, -0.1) is 0 Å². The molecule has 0 N–H and O–H groups in total. The summed E-state index contributed by atoms with van der Waals surface area (Å²) in [7, 11) is 0. The third-order valence-corrected chi connectivity index (χ3v) is 4.82. The smallest absolute Gasteiger partial charge is 0.241 e. The third kappa shape index (κ3) is 3.21. The topological polar surface area (TPSA) is 42.2 Å². The van der Waals surface area contributed by atoms with Gasteiger partial charge in [-0.3, -0.25) is 4.90 Å². The first-order valence-electron chi connectivity index (χ1n) is 8.14. The summed E-state index contributed by atoms with van der Waals surface area (Å²) in [6.45, 7) is 2.66. The zero-order chi connectivity index (χ0) is 16.4. The first-order valence-corrected chi connectivity index (χ1v) is 8.52. The van der Waals surface area contributed by atoms with Crippen LogP contribution in [0.4, 0.5) is 0 Å². The van der Waals surface area contributed by atoms with Crippen LogP contribution in [0.3, 0.4) is 0 Å². The Kier molecular flexibility index (Phi) is 4.32. The molecule has 1 unspecified atom stereocenters. The van der Waals surface area contributed by atoms with E-state index in [9.17, 15) is 0 Å². The average Bonchev–Trinajstić information content (AvgIpc) is 3.26. The highest BCUT2D eigenvalue weighted by Gasteiger charge is 2.26. The van der Waals surface area contributed by atoms with Gasteiger partial charge >= 0.3 is 0 Å². The van der Waals surface area contributed by atoms with Crippen molar-refractivity contribution in [2.75, 3.05) is 13.1 Å². The number of nitrogens with zero attached hydrogens (tertiary/aromatic N) is 3. The summed E-state index contributed by atoms with van der Waals surface area (Å²) in [4.78, 5) is 6.86. The van der Waals surface area contributed by atoms with Crippen LogP contribution in [0.25, 0.3) is 11.4 Å². The summed E-state index contributed by atoms with van der Waals surface area (Å²) >= 11 is 6.32. The van der Waals surface area contributed by atoms with E-state index >= 15 is 0 Å². The molecular formula is C19H18ClN3O. The molecule has 1 aromatic heterocycles. The molecule has 4 nitrogen and oxygen atoms in total. The number of hydrogen-bond acceptors (Lipinski definition) is 4. The Bertz CT molecular complexity index is 818. The van der Waals surface area contributed by atoms with Gasteiger partial charge in [0.1, 0.15) is 0 Å². The van der Waals surface area contributed by atoms with Gasteiger partial charge in [-0.25, -0.2) is 0 Å². The first kappa shape index (κ1) is 15.4. The van der Waals surface area contributed by atoms with Gasteiger partial charge in [-0.05, 0) is 30.5 Å². The summed E-state index contributed by atoms with van der Waals surface area (Å²) in [5, 5.41) is 4.94. The molecule has 1 saturated heterocycles. The van der Waals surface area contributed by atoms with Gasteiger partial charge in [0.2, 0.25) is 11.7 Å². The van der Waals surface area contributed by atoms with Crippen molar-refractivity contribution in [1.82, 2.24) is 15.0 Å². The maximum Gasteiger partial charge on any atom is 0.241 e. The molecule has 4 rings (SSSR count). The average molecular weight is 340 g/mol. The summed E-state index contributed by atoms with van der Waals surface area (Å²) in [5.41, 5.74) is 2.21. The number of rotatable bonds is 4. The molecule has 2 heterocycles. The van der Waals surface area contributed by atoms with E-state index in [1.807, 2.05) is 48.5 Å². The Morgan fingerprint density at radius 3 is 2.71 bits per heavy atom. The number of halogens is 1. The number of likely N-dealkylation sites (tertiary alicyclic amines) is 1. The lowest BCUT2D eigenvalue weighted by Gasteiger charge is -2.14. The van der Waals surface area contributed by atoms with Gasteiger partial charge in [-0.2, -0.15) is 4.98 Å². The maximum absolute atomic E-state index is 6.32. The van der Waals surface area contributed by atoms with E-state index in [4.69, 9.17) is 16.1 Å². The van der Waals surface area contributed by atoms with Gasteiger partial charge in [0.25, 0.3) is 0 Å². The van der Waals surface area contributed by atoms with E-state index in [0.717, 1.165) is 30.1 Å². The molecule has 3 aromatic rings. The second kappa shape index (κ2) is 6.75. The van der Waals surface area contributed by atoms with Gasteiger partial charge < -0.3 is 4.52 Å². The molecule has 0 bridgehead atoms. The van der Waals surface area contributed by atoms with Crippen LogP contribution in [0.1, 0.15) is 23.8 Å². The fourth-order valence-corrected chi connectivity index (χ4v) is 3.54. The Labute approximate surface area is 146 Å². The normalized spacial score (nSPS) is 18.1. The third-order valence-electron chi connectivity index (χ3n) is 4.48. The van der Waals surface area contributed by atoms with Crippen LogP contribution >= 0.6 is 11.6 Å². The molecule has 122 valence electrons. The van der Waals surface area contributed by atoms with Crippen molar-refractivity contribution in [3.8, 4) is 11.4 Å². The van der Waals surface area contributed by atoms with Crippen molar-refractivity contribution in [3.63, 3.8) is 0 Å². The molecule has 24 heavy (non-hydrogen) atoms. The molecule has 0 saturated carbocycles. The SMILES string of the molecule is Clc1ccccc1C1CCN(Cc2nc(-c3ccccc3)no2)C1. The van der Waals surface area contributed by atoms with Crippen molar-refractivity contribution in [2.24, 2.45) is 0 Å². The van der Waals surface area contributed by atoms with E-state index < -0.39 is 0 Å². The van der Waals surface area contributed by atoms with Crippen molar-refractivity contribution in [3.05, 3.63) is 71.1 Å². The van der Waals surface area contributed by atoms with Crippen LogP contribution in [0.5, 0.6) is 0 Å². The van der Waals surface area contributed by atoms with Crippen LogP contribution in [0, 0.1) is 0 Å². The minimum absolute atomic E-state index is 0.468. The molecule has 0 aliphatic carbocycles. The summed E-state index contributed by atoms with van der Waals surface area (Å²) in [5.74, 6) is 1.77. The maximum atomic E-state index is 6.32. The lowest BCUT2D eigenvalue weighted by atomic mass is 9.98. The molecule has 1 aliphatic heterocycles. The minimum Gasteiger partial charge on any atom is -0.338 e. The number of aromatic nitrogens is 2. The minimum atomic E-state index is 0.468. The molecule has 0 spiro atoms. The molecule has 2 aromatic carbocycles. The second-order valence-corrected chi connectivity index (χ2v) is 6.53. The fourth-order valence-electron chi connectivity index (χ4n) is 3.25. The standard InChI is InChI=1S/C19H18ClN3O/c20-17-9-5-4-8-16(17)15-10-11-23(12-15)13-18-21-19(22-24-18)14-6-2-1-3-7-14/h1-9,15H,10-13H2. The lowest BCUT2D eigenvalue weighted by Crippen LogP contribution is -2.20. The van der Waals surface area contributed by atoms with Crippen molar-refractivity contribution in [1.29, 1.82) is 0 Å². The number of hydrogen-bond donors (Lipinski definition) is 0. The highest BCUT2D eigenvalue weighted by Crippen LogP contribution is 2.32. The summed E-state index contributed by atoms with van der Waals surface area (Å²) in [6, 6.07) is 18.0. The Morgan fingerprint density at radius 1 is 1.08 bits per heavy atom. The van der Waals surface area contributed by atoms with Gasteiger partial charge in [-0.1, -0.05) is 65.3 Å². The van der Waals surface area contributed by atoms with Gasteiger partial charge in [0.15, 0.2) is 0 Å². The Hall–Kier alpha value is -2.17. The van der Waals surface area contributed by atoms with Gasteiger partial charge in [0, 0.05) is 17.1 Å².